The number of hydrogen-bond donors (Lipinski definition) is 1. The Balaban J connectivity index is 1.91. The van der Waals surface area contributed by atoms with Gasteiger partial charge in [0.2, 0.25) is 0 Å². The number of rotatable bonds is 4. The summed E-state index contributed by atoms with van der Waals surface area (Å²) >= 11 is 6.16. The lowest BCUT2D eigenvalue weighted by atomic mass is 10.2. The van der Waals surface area contributed by atoms with Crippen LogP contribution in [-0.4, -0.2) is 50.8 Å². The van der Waals surface area contributed by atoms with Gasteiger partial charge in [-0.05, 0) is 24.6 Å². The lowest BCUT2D eigenvalue weighted by molar-refractivity contribution is 0.194. The third-order valence-corrected chi connectivity index (χ3v) is 3.89. The molecular formula is C15H22ClN3O2. The van der Waals surface area contributed by atoms with E-state index in [4.69, 9.17) is 16.3 Å². The first kappa shape index (κ1) is 15.8. The molecule has 1 aromatic rings. The predicted molar refractivity (Wildman–Crippen MR) is 85.5 cm³/mol. The van der Waals surface area contributed by atoms with Gasteiger partial charge in [0, 0.05) is 38.4 Å². The fraction of sp³-hybridized carbons (Fsp3) is 0.533. The van der Waals surface area contributed by atoms with Crippen LogP contribution in [0.5, 0.6) is 5.75 Å². The zero-order valence-corrected chi connectivity index (χ0v) is 13.3. The molecule has 1 heterocycles. The summed E-state index contributed by atoms with van der Waals surface area (Å²) in [6.45, 7) is 5.83. The summed E-state index contributed by atoms with van der Waals surface area (Å²) in [6.07, 6.45) is 0.954. The van der Waals surface area contributed by atoms with Gasteiger partial charge in [-0.15, -0.1) is 0 Å². The monoisotopic (exact) mass is 311 g/mol. The number of urea groups is 1. The van der Waals surface area contributed by atoms with E-state index in [2.05, 4.69) is 10.2 Å². The fourth-order valence-electron chi connectivity index (χ4n) is 2.36. The smallest absolute Gasteiger partial charge is 0.317 e. The quantitative estimate of drug-likeness (QED) is 0.929. The first-order valence-electron chi connectivity index (χ1n) is 7.27. The maximum absolute atomic E-state index is 11.9. The maximum atomic E-state index is 11.9. The molecule has 116 valence electrons. The average Bonchev–Trinajstić information content (AvgIpc) is 2.52. The van der Waals surface area contributed by atoms with E-state index in [-0.39, 0.29) is 6.03 Å². The van der Waals surface area contributed by atoms with Crippen LogP contribution in [0.2, 0.25) is 5.02 Å². The second-order valence-electron chi connectivity index (χ2n) is 5.02. The number of carbonyl (C=O) groups is 1. The van der Waals surface area contributed by atoms with Crippen molar-refractivity contribution in [3.63, 3.8) is 0 Å². The maximum Gasteiger partial charge on any atom is 0.317 e. The molecule has 0 aliphatic carbocycles. The highest BCUT2D eigenvalue weighted by molar-refractivity contribution is 6.32. The minimum Gasteiger partial charge on any atom is -0.495 e. The van der Waals surface area contributed by atoms with Gasteiger partial charge in [-0.3, -0.25) is 0 Å². The largest absolute Gasteiger partial charge is 0.495 e. The van der Waals surface area contributed by atoms with Crippen molar-refractivity contribution in [1.82, 2.24) is 10.2 Å². The van der Waals surface area contributed by atoms with Crippen LogP contribution in [0, 0.1) is 0 Å². The number of nitrogens with zero attached hydrogens (tertiary/aromatic N) is 2. The number of nitrogens with one attached hydrogen (secondary N) is 1. The van der Waals surface area contributed by atoms with Crippen molar-refractivity contribution in [2.45, 2.75) is 13.3 Å². The van der Waals surface area contributed by atoms with Gasteiger partial charge in [-0.1, -0.05) is 18.5 Å². The molecule has 2 rings (SSSR count). The first-order valence-corrected chi connectivity index (χ1v) is 7.64. The van der Waals surface area contributed by atoms with E-state index in [1.165, 1.54) is 0 Å². The molecule has 0 aromatic heterocycles. The molecule has 0 radical (unpaired) electrons. The minimum atomic E-state index is 0.0317. The summed E-state index contributed by atoms with van der Waals surface area (Å²) in [7, 11) is 1.61. The standard InChI is InChI=1S/C15H22ClN3O2/c1-3-6-17-15(20)19-9-7-18(8-10-19)12-4-5-14(21-2)13(16)11-12/h4-5,11H,3,6-10H2,1-2H3,(H,17,20). The molecule has 0 bridgehead atoms. The highest BCUT2D eigenvalue weighted by Gasteiger charge is 2.21. The molecule has 0 atom stereocenters. The molecule has 1 aliphatic heterocycles. The summed E-state index contributed by atoms with van der Waals surface area (Å²) < 4.78 is 5.16. The third-order valence-electron chi connectivity index (χ3n) is 3.59. The van der Waals surface area contributed by atoms with Crippen molar-refractivity contribution in [2.24, 2.45) is 0 Å². The zero-order chi connectivity index (χ0) is 15.2. The summed E-state index contributed by atoms with van der Waals surface area (Å²) in [6, 6.07) is 5.81. The molecule has 0 unspecified atom stereocenters. The summed E-state index contributed by atoms with van der Waals surface area (Å²) in [5.41, 5.74) is 1.06. The Hall–Kier alpha value is -1.62. The number of piperazine rings is 1. The summed E-state index contributed by atoms with van der Waals surface area (Å²) in [5.74, 6) is 0.679. The molecule has 1 N–H and O–H groups in total. The summed E-state index contributed by atoms with van der Waals surface area (Å²) in [5, 5.41) is 3.52. The molecular weight excluding hydrogens is 290 g/mol. The molecule has 1 saturated heterocycles. The van der Waals surface area contributed by atoms with E-state index >= 15 is 0 Å². The third kappa shape index (κ3) is 3.94. The Labute approximate surface area is 130 Å². The zero-order valence-electron chi connectivity index (χ0n) is 12.6. The van der Waals surface area contributed by atoms with E-state index in [0.29, 0.717) is 10.8 Å². The normalized spacial score (nSPS) is 15.0. The van der Waals surface area contributed by atoms with Crippen molar-refractivity contribution in [3.8, 4) is 5.75 Å². The molecule has 21 heavy (non-hydrogen) atoms. The topological polar surface area (TPSA) is 44.8 Å². The van der Waals surface area contributed by atoms with Crippen molar-refractivity contribution < 1.29 is 9.53 Å². The lowest BCUT2D eigenvalue weighted by Gasteiger charge is -2.36. The first-order chi connectivity index (χ1) is 10.2. The number of halogens is 1. The van der Waals surface area contributed by atoms with Crippen LogP contribution >= 0.6 is 11.6 Å². The van der Waals surface area contributed by atoms with Gasteiger partial charge in [-0.25, -0.2) is 4.79 Å². The Bertz CT molecular complexity index is 488. The molecule has 1 aliphatic rings. The molecule has 2 amide bonds. The Morgan fingerprint density at radius 2 is 2.05 bits per heavy atom. The van der Waals surface area contributed by atoms with E-state index in [9.17, 15) is 4.79 Å². The number of anilines is 1. The van der Waals surface area contributed by atoms with E-state index in [1.807, 2.05) is 30.0 Å². The number of ether oxygens (including phenoxy) is 1. The average molecular weight is 312 g/mol. The lowest BCUT2D eigenvalue weighted by Crippen LogP contribution is -2.52. The van der Waals surface area contributed by atoms with Crippen LogP contribution in [-0.2, 0) is 0 Å². The van der Waals surface area contributed by atoms with Crippen LogP contribution < -0.4 is 15.0 Å². The summed E-state index contributed by atoms with van der Waals surface area (Å²) in [4.78, 5) is 16.0. The highest BCUT2D eigenvalue weighted by atomic mass is 35.5. The van der Waals surface area contributed by atoms with E-state index < -0.39 is 0 Å². The van der Waals surface area contributed by atoms with Gasteiger partial charge < -0.3 is 19.9 Å². The molecule has 1 aromatic carbocycles. The molecule has 0 saturated carbocycles. The Morgan fingerprint density at radius 1 is 1.33 bits per heavy atom. The number of amides is 2. The minimum absolute atomic E-state index is 0.0317. The van der Waals surface area contributed by atoms with Crippen molar-refractivity contribution in [1.29, 1.82) is 0 Å². The van der Waals surface area contributed by atoms with Gasteiger partial charge >= 0.3 is 6.03 Å². The number of carbonyl (C=O) groups excluding carboxylic acids is 1. The number of hydrogen-bond acceptors (Lipinski definition) is 3. The van der Waals surface area contributed by atoms with Gasteiger partial charge in [0.15, 0.2) is 0 Å². The molecule has 1 fully saturated rings. The second-order valence-corrected chi connectivity index (χ2v) is 5.43. The van der Waals surface area contributed by atoms with E-state index in [0.717, 1.165) is 44.8 Å². The van der Waals surface area contributed by atoms with Crippen LogP contribution in [0.3, 0.4) is 0 Å². The van der Waals surface area contributed by atoms with Crippen molar-refractivity contribution >= 4 is 23.3 Å². The molecule has 5 nitrogen and oxygen atoms in total. The number of benzene rings is 1. The van der Waals surface area contributed by atoms with Crippen LogP contribution in [0.4, 0.5) is 10.5 Å². The second kappa shape index (κ2) is 7.41. The Morgan fingerprint density at radius 3 is 2.62 bits per heavy atom. The predicted octanol–water partition coefficient (Wildman–Crippen LogP) is 2.59. The van der Waals surface area contributed by atoms with Gasteiger partial charge in [-0.2, -0.15) is 0 Å². The van der Waals surface area contributed by atoms with Gasteiger partial charge in [0.1, 0.15) is 5.75 Å². The van der Waals surface area contributed by atoms with E-state index in [1.54, 1.807) is 7.11 Å². The molecule has 6 heteroatoms. The van der Waals surface area contributed by atoms with Gasteiger partial charge in [0.25, 0.3) is 0 Å². The number of methoxy groups -OCH3 is 1. The molecule has 0 spiro atoms. The SMILES string of the molecule is CCCNC(=O)N1CCN(c2ccc(OC)c(Cl)c2)CC1. The van der Waals surface area contributed by atoms with Crippen molar-refractivity contribution in [2.75, 3.05) is 44.7 Å². The fourth-order valence-corrected chi connectivity index (χ4v) is 2.62. The van der Waals surface area contributed by atoms with Crippen LogP contribution in [0.15, 0.2) is 18.2 Å². The highest BCUT2D eigenvalue weighted by Crippen LogP contribution is 2.29. The van der Waals surface area contributed by atoms with Gasteiger partial charge in [0.05, 0.1) is 12.1 Å². The van der Waals surface area contributed by atoms with Crippen LogP contribution in [0.1, 0.15) is 13.3 Å². The Kier molecular flexibility index (Phi) is 5.56. The van der Waals surface area contributed by atoms with Crippen molar-refractivity contribution in [3.05, 3.63) is 23.2 Å². The van der Waals surface area contributed by atoms with Crippen LogP contribution in [0.25, 0.3) is 0 Å².